The van der Waals surface area contributed by atoms with Crippen LogP contribution in [0.4, 0.5) is 5.69 Å². The van der Waals surface area contributed by atoms with Gasteiger partial charge in [-0.2, -0.15) is 5.10 Å². The van der Waals surface area contributed by atoms with Crippen molar-refractivity contribution in [3.63, 3.8) is 0 Å². The van der Waals surface area contributed by atoms with E-state index in [2.05, 4.69) is 35.5 Å². The zero-order chi connectivity index (χ0) is 26.2. The van der Waals surface area contributed by atoms with E-state index in [1.54, 1.807) is 4.68 Å². The van der Waals surface area contributed by atoms with Crippen LogP contribution in [-0.4, -0.2) is 39.6 Å². The van der Waals surface area contributed by atoms with Crippen molar-refractivity contribution in [3.05, 3.63) is 107 Å². The van der Waals surface area contributed by atoms with Crippen molar-refractivity contribution in [3.8, 4) is 11.3 Å². The monoisotopic (exact) mass is 495 g/mol. The van der Waals surface area contributed by atoms with Crippen LogP contribution in [0.5, 0.6) is 0 Å². The van der Waals surface area contributed by atoms with Gasteiger partial charge in [0, 0.05) is 49.2 Å². The number of fused-ring (bicyclic) bond motifs is 1. The summed E-state index contributed by atoms with van der Waals surface area (Å²) in [6.07, 6.45) is 4.36. The van der Waals surface area contributed by atoms with Gasteiger partial charge in [0.2, 0.25) is 6.41 Å². The Morgan fingerprint density at radius 1 is 1.03 bits per heavy atom. The molecule has 0 fully saturated rings. The molecule has 2 heterocycles. The van der Waals surface area contributed by atoms with Crippen molar-refractivity contribution in [2.75, 3.05) is 11.9 Å². The van der Waals surface area contributed by atoms with Crippen LogP contribution in [0.2, 0.25) is 0 Å². The lowest BCUT2D eigenvalue weighted by Gasteiger charge is -2.34. The lowest BCUT2D eigenvalue weighted by molar-refractivity contribution is -0.105. The van der Waals surface area contributed by atoms with Crippen LogP contribution in [0, 0.1) is 0 Å². The first-order valence-electron chi connectivity index (χ1n) is 12.5. The number of aryl methyl sites for hydroxylation is 1. The van der Waals surface area contributed by atoms with Gasteiger partial charge in [-0.25, -0.2) is 0 Å². The van der Waals surface area contributed by atoms with Gasteiger partial charge >= 0.3 is 0 Å². The molecule has 0 saturated carbocycles. The Morgan fingerprint density at radius 3 is 2.43 bits per heavy atom. The first-order chi connectivity index (χ1) is 18.0. The Hall–Kier alpha value is -4.23. The van der Waals surface area contributed by atoms with Crippen LogP contribution in [0.15, 0.2) is 85.1 Å². The Morgan fingerprint density at radius 2 is 1.78 bits per heavy atom. The molecular weight excluding hydrogens is 462 g/mol. The summed E-state index contributed by atoms with van der Waals surface area (Å²) in [4.78, 5) is 24.9. The highest BCUT2D eigenvalue weighted by molar-refractivity contribution is 5.97. The fourth-order valence-electron chi connectivity index (χ4n) is 4.55. The van der Waals surface area contributed by atoms with E-state index in [1.807, 2.05) is 78.8 Å². The highest BCUT2D eigenvalue weighted by Gasteiger charge is 2.27. The molecule has 37 heavy (non-hydrogen) atoms. The quantitative estimate of drug-likeness (QED) is 0.371. The highest BCUT2D eigenvalue weighted by atomic mass is 16.2. The SMILES string of the molecule is CC(Cc1ccccc1)N1CCc2cc(CN)ccc2C1=O.Cn1ccc(-c2ccc(NC=O)cc2)n1. The largest absolute Gasteiger partial charge is 0.335 e. The minimum Gasteiger partial charge on any atom is -0.335 e. The summed E-state index contributed by atoms with van der Waals surface area (Å²) in [6.45, 7) is 3.44. The Bertz CT molecular complexity index is 1330. The van der Waals surface area contributed by atoms with Gasteiger partial charge in [-0.05, 0) is 60.7 Å². The maximum atomic E-state index is 12.7. The normalized spacial score (nSPS) is 13.3. The molecule has 1 aliphatic rings. The van der Waals surface area contributed by atoms with Crippen molar-refractivity contribution in [2.24, 2.45) is 12.8 Å². The van der Waals surface area contributed by atoms with Crippen LogP contribution in [0.1, 0.15) is 34.0 Å². The maximum Gasteiger partial charge on any atom is 0.254 e. The van der Waals surface area contributed by atoms with Gasteiger partial charge in [0.1, 0.15) is 0 Å². The fourth-order valence-corrected chi connectivity index (χ4v) is 4.55. The van der Waals surface area contributed by atoms with Gasteiger partial charge in [-0.1, -0.05) is 54.6 Å². The van der Waals surface area contributed by atoms with Crippen molar-refractivity contribution in [2.45, 2.75) is 32.4 Å². The maximum absolute atomic E-state index is 12.7. The lowest BCUT2D eigenvalue weighted by atomic mass is 9.94. The molecule has 0 aliphatic carbocycles. The molecule has 2 amide bonds. The average molecular weight is 496 g/mol. The number of amides is 2. The van der Waals surface area contributed by atoms with Gasteiger partial charge in [0.05, 0.1) is 5.69 Å². The Labute approximate surface area is 217 Å². The van der Waals surface area contributed by atoms with Crippen LogP contribution in [0.25, 0.3) is 11.3 Å². The topological polar surface area (TPSA) is 93.2 Å². The number of nitrogens with one attached hydrogen (secondary N) is 1. The molecule has 4 aromatic rings. The zero-order valence-corrected chi connectivity index (χ0v) is 21.3. The molecule has 3 N–H and O–H groups in total. The van der Waals surface area contributed by atoms with Crippen molar-refractivity contribution < 1.29 is 9.59 Å². The number of nitrogens with zero attached hydrogens (tertiary/aromatic N) is 3. The van der Waals surface area contributed by atoms with E-state index >= 15 is 0 Å². The molecule has 0 bridgehead atoms. The molecule has 1 aromatic heterocycles. The van der Waals surface area contributed by atoms with Crippen LogP contribution in [0.3, 0.4) is 0 Å². The third kappa shape index (κ3) is 6.51. The number of anilines is 1. The van der Waals surface area contributed by atoms with E-state index in [-0.39, 0.29) is 11.9 Å². The number of carbonyl (C=O) groups is 2. The minimum absolute atomic E-state index is 0.147. The third-order valence-electron chi connectivity index (χ3n) is 6.54. The van der Waals surface area contributed by atoms with E-state index in [9.17, 15) is 9.59 Å². The summed E-state index contributed by atoms with van der Waals surface area (Å²) in [7, 11) is 1.88. The molecular formula is C30H33N5O2. The van der Waals surface area contributed by atoms with E-state index < -0.39 is 0 Å². The first-order valence-corrected chi connectivity index (χ1v) is 12.5. The highest BCUT2D eigenvalue weighted by Crippen LogP contribution is 2.23. The van der Waals surface area contributed by atoms with E-state index in [4.69, 9.17) is 5.73 Å². The summed E-state index contributed by atoms with van der Waals surface area (Å²) in [5, 5.41) is 6.87. The smallest absolute Gasteiger partial charge is 0.254 e. The van der Waals surface area contributed by atoms with E-state index in [1.165, 1.54) is 5.56 Å². The van der Waals surface area contributed by atoms with Crippen LogP contribution >= 0.6 is 0 Å². The molecule has 1 atom stereocenters. The fraction of sp³-hybridized carbons (Fsp3) is 0.233. The first kappa shape index (κ1) is 25.9. The molecule has 0 saturated heterocycles. The van der Waals surface area contributed by atoms with Crippen molar-refractivity contribution in [1.82, 2.24) is 14.7 Å². The lowest BCUT2D eigenvalue weighted by Crippen LogP contribution is -2.44. The summed E-state index contributed by atoms with van der Waals surface area (Å²) in [5.41, 5.74) is 12.8. The van der Waals surface area contributed by atoms with Gasteiger partial charge in [0.25, 0.3) is 5.91 Å². The number of rotatable bonds is 7. The predicted molar refractivity (Wildman–Crippen MR) is 147 cm³/mol. The number of hydrogen-bond donors (Lipinski definition) is 2. The molecule has 5 rings (SSSR count). The van der Waals surface area contributed by atoms with Crippen LogP contribution in [-0.2, 0) is 31.2 Å². The zero-order valence-electron chi connectivity index (χ0n) is 21.3. The molecule has 7 nitrogen and oxygen atoms in total. The second kappa shape index (κ2) is 12.1. The van der Waals surface area contributed by atoms with Gasteiger partial charge in [0.15, 0.2) is 0 Å². The Balaban J connectivity index is 0.000000186. The minimum atomic E-state index is 0.147. The number of hydrogen-bond acceptors (Lipinski definition) is 4. The molecule has 0 spiro atoms. The number of aromatic nitrogens is 2. The summed E-state index contributed by atoms with van der Waals surface area (Å²) in [5.74, 6) is 0.147. The van der Waals surface area contributed by atoms with Gasteiger partial charge < -0.3 is 16.0 Å². The Kier molecular flexibility index (Phi) is 8.48. The van der Waals surface area contributed by atoms with Crippen molar-refractivity contribution >= 4 is 18.0 Å². The molecule has 1 unspecified atom stereocenters. The third-order valence-corrected chi connectivity index (χ3v) is 6.54. The van der Waals surface area contributed by atoms with Gasteiger partial charge in [-0.3, -0.25) is 14.3 Å². The molecule has 190 valence electrons. The molecule has 7 heteroatoms. The summed E-state index contributed by atoms with van der Waals surface area (Å²) < 4.78 is 1.76. The van der Waals surface area contributed by atoms with Crippen LogP contribution < -0.4 is 11.1 Å². The summed E-state index contributed by atoms with van der Waals surface area (Å²) >= 11 is 0. The second-order valence-electron chi connectivity index (χ2n) is 9.20. The molecule has 1 aliphatic heterocycles. The summed E-state index contributed by atoms with van der Waals surface area (Å²) in [6, 6.07) is 26.0. The number of benzene rings is 3. The predicted octanol–water partition coefficient (Wildman–Crippen LogP) is 4.43. The average Bonchev–Trinajstić information content (AvgIpc) is 3.36. The number of nitrogens with two attached hydrogens (primary N) is 1. The number of carbonyl (C=O) groups excluding carboxylic acids is 2. The van der Waals surface area contributed by atoms with E-state index in [0.717, 1.165) is 53.0 Å². The standard InChI is InChI=1S/C19H22N2O.C11H11N3O/c1-14(11-15-5-3-2-4-6-15)21-10-9-17-12-16(13-20)7-8-18(17)19(21)22;1-14-7-6-11(13-14)9-2-4-10(5-3-9)12-8-15/h2-8,12,14H,9-11,13,20H2,1H3;2-8H,1H3,(H,12,15). The van der Waals surface area contributed by atoms with Crippen molar-refractivity contribution in [1.29, 1.82) is 0 Å². The second-order valence-corrected chi connectivity index (χ2v) is 9.20. The van der Waals surface area contributed by atoms with E-state index in [0.29, 0.717) is 13.0 Å². The molecule has 3 aromatic carbocycles. The van der Waals surface area contributed by atoms with Gasteiger partial charge in [-0.15, -0.1) is 0 Å². The molecule has 0 radical (unpaired) electrons.